The van der Waals surface area contributed by atoms with Gasteiger partial charge in [-0.1, -0.05) is 6.47 Å². The third kappa shape index (κ3) is 6.74. The molecule has 0 aromatic rings. The topological polar surface area (TPSA) is 52.6 Å². The smallest absolute Gasteiger partial charge is 0.313 e. The molecule has 0 fully saturated rings. The molecule has 0 rings (SSSR count). The second-order valence-corrected chi connectivity index (χ2v) is 3.03. The van der Waals surface area contributed by atoms with Crippen LogP contribution in [-0.4, -0.2) is 19.2 Å². The number of rotatable bonds is 3. The van der Waals surface area contributed by atoms with Gasteiger partial charge in [0.25, 0.3) is 0 Å². The van der Waals surface area contributed by atoms with Crippen molar-refractivity contribution in [3.05, 3.63) is 0 Å². The summed E-state index contributed by atoms with van der Waals surface area (Å²) < 4.78 is 8.57. The Morgan fingerprint density at radius 2 is 1.92 bits per heavy atom. The van der Waals surface area contributed by atoms with Gasteiger partial charge in [-0.05, 0) is 20.8 Å². The normalized spacial score (nSPS) is 9.58. The van der Waals surface area contributed by atoms with Crippen LogP contribution in [0.1, 0.15) is 20.8 Å². The molecule has 4 nitrogen and oxygen atoms in total. The van der Waals surface area contributed by atoms with E-state index in [1.165, 1.54) is 0 Å². The first-order chi connectivity index (χ1) is 4.98. The average molecular weight is 248 g/mol. The molecule has 12 heavy (non-hydrogen) atoms. The zero-order valence-electron chi connectivity index (χ0n) is 7.42. The predicted octanol–water partition coefficient (Wildman–Crippen LogP) is 0.615. The van der Waals surface area contributed by atoms with E-state index in [9.17, 15) is 9.59 Å². The minimum Gasteiger partial charge on any atom is -0.626 e. The summed E-state index contributed by atoms with van der Waals surface area (Å²) in [7, 11) is 0. The van der Waals surface area contributed by atoms with Crippen LogP contribution in [0.4, 0.5) is 0 Å². The number of hydrogen-bond donors (Lipinski definition) is 0. The molecule has 0 spiro atoms. The van der Waals surface area contributed by atoms with Crippen LogP contribution >= 0.6 is 0 Å². The summed E-state index contributed by atoms with van der Waals surface area (Å²) in [5.74, 6) is -0.409. The van der Waals surface area contributed by atoms with Gasteiger partial charge >= 0.3 is 5.97 Å². The second-order valence-electron chi connectivity index (χ2n) is 3.03. The fourth-order valence-corrected chi connectivity index (χ4v) is 0.324. The van der Waals surface area contributed by atoms with E-state index < -0.39 is 11.4 Å². The SMILES string of the molecule is CC(C)(C)C(=O)OCO[C-]=O.[Y]. The summed E-state index contributed by atoms with van der Waals surface area (Å²) in [6.45, 7) is 5.91. The average Bonchev–Trinajstić information content (AvgIpc) is 1.86. The molecule has 1 radical (unpaired) electrons. The molecule has 0 bridgehead atoms. The summed E-state index contributed by atoms with van der Waals surface area (Å²) in [5.41, 5.74) is -0.563. The van der Waals surface area contributed by atoms with Crippen LogP contribution in [0.5, 0.6) is 0 Å². The molecular weight excluding hydrogens is 237 g/mol. The Balaban J connectivity index is 0. The minimum atomic E-state index is -0.563. The molecular formula is C7H11O4Y-. The molecule has 5 heteroatoms. The van der Waals surface area contributed by atoms with Crippen LogP contribution in [0.3, 0.4) is 0 Å². The Hall–Kier alpha value is 0.0439. The van der Waals surface area contributed by atoms with Gasteiger partial charge in [0.15, 0.2) is 0 Å². The first-order valence-electron chi connectivity index (χ1n) is 3.14. The van der Waals surface area contributed by atoms with E-state index in [1.807, 2.05) is 0 Å². The molecule has 0 atom stereocenters. The van der Waals surface area contributed by atoms with E-state index in [2.05, 4.69) is 9.47 Å². The van der Waals surface area contributed by atoms with E-state index in [-0.39, 0.29) is 39.5 Å². The molecule has 0 amide bonds. The third-order valence-corrected chi connectivity index (χ3v) is 0.920. The molecule has 0 saturated heterocycles. The van der Waals surface area contributed by atoms with Crippen molar-refractivity contribution in [1.29, 1.82) is 0 Å². The number of carbonyl (C=O) groups excluding carboxylic acids is 2. The van der Waals surface area contributed by atoms with Crippen molar-refractivity contribution in [2.75, 3.05) is 6.79 Å². The molecule has 0 aliphatic heterocycles. The van der Waals surface area contributed by atoms with Gasteiger partial charge in [0, 0.05) is 32.7 Å². The monoisotopic (exact) mass is 248 g/mol. The van der Waals surface area contributed by atoms with Crippen LogP contribution in [0.2, 0.25) is 0 Å². The van der Waals surface area contributed by atoms with Crippen molar-refractivity contribution in [2.45, 2.75) is 20.8 Å². The maximum absolute atomic E-state index is 10.9. The van der Waals surface area contributed by atoms with Gasteiger partial charge in [-0.3, -0.25) is 4.79 Å². The number of esters is 1. The van der Waals surface area contributed by atoms with E-state index in [0.29, 0.717) is 0 Å². The van der Waals surface area contributed by atoms with Crippen LogP contribution in [0.15, 0.2) is 0 Å². The van der Waals surface area contributed by atoms with Crippen LogP contribution in [0, 0.1) is 5.41 Å². The summed E-state index contributed by atoms with van der Waals surface area (Å²) in [6, 6.07) is 0. The number of hydrogen-bond acceptors (Lipinski definition) is 4. The molecule has 0 aromatic carbocycles. The van der Waals surface area contributed by atoms with Gasteiger partial charge in [0.2, 0.25) is 6.79 Å². The molecule has 0 unspecified atom stereocenters. The van der Waals surface area contributed by atoms with Gasteiger partial charge < -0.3 is 14.3 Å². The first-order valence-corrected chi connectivity index (χ1v) is 3.14. The molecule has 67 valence electrons. The van der Waals surface area contributed by atoms with Crippen molar-refractivity contribution in [3.63, 3.8) is 0 Å². The quantitative estimate of drug-likeness (QED) is 0.318. The first kappa shape index (κ1) is 14.6. The van der Waals surface area contributed by atoms with Gasteiger partial charge in [0.05, 0.1) is 5.41 Å². The van der Waals surface area contributed by atoms with Gasteiger partial charge in [-0.15, -0.1) is 0 Å². The summed E-state index contributed by atoms with van der Waals surface area (Å²) in [5, 5.41) is 0. The summed E-state index contributed by atoms with van der Waals surface area (Å²) in [4.78, 5) is 20.4. The summed E-state index contributed by atoms with van der Waals surface area (Å²) >= 11 is 0. The van der Waals surface area contributed by atoms with Crippen LogP contribution in [-0.2, 0) is 51.8 Å². The molecule has 0 N–H and O–H groups in total. The largest absolute Gasteiger partial charge is 0.626 e. The molecule has 0 aliphatic rings. The van der Waals surface area contributed by atoms with Crippen molar-refractivity contribution in [2.24, 2.45) is 5.41 Å². The van der Waals surface area contributed by atoms with E-state index >= 15 is 0 Å². The van der Waals surface area contributed by atoms with E-state index in [0.717, 1.165) is 6.47 Å². The molecule has 0 saturated carbocycles. The van der Waals surface area contributed by atoms with Crippen LogP contribution < -0.4 is 0 Å². The zero-order valence-corrected chi connectivity index (χ0v) is 10.3. The molecule has 0 heterocycles. The number of carbonyl (C=O) groups is 1. The van der Waals surface area contributed by atoms with Gasteiger partial charge in [-0.2, -0.15) is 0 Å². The van der Waals surface area contributed by atoms with Crippen molar-refractivity contribution in [1.82, 2.24) is 0 Å². The molecule has 0 aliphatic carbocycles. The summed E-state index contributed by atoms with van der Waals surface area (Å²) in [6.07, 6.45) is 0. The fourth-order valence-electron chi connectivity index (χ4n) is 0.324. The van der Waals surface area contributed by atoms with Crippen molar-refractivity contribution < 1.29 is 51.8 Å². The van der Waals surface area contributed by atoms with Crippen LogP contribution in [0.25, 0.3) is 0 Å². The Morgan fingerprint density at radius 1 is 1.42 bits per heavy atom. The Bertz CT molecular complexity index is 150. The minimum absolute atomic E-state index is 0. The third-order valence-electron chi connectivity index (χ3n) is 0.920. The van der Waals surface area contributed by atoms with Crippen molar-refractivity contribution >= 4 is 12.4 Å². The van der Waals surface area contributed by atoms with E-state index in [4.69, 9.17) is 0 Å². The van der Waals surface area contributed by atoms with Gasteiger partial charge in [-0.25, -0.2) is 0 Å². The standard InChI is InChI=1S/C7H11O4.Y/c1-7(2,3)6(9)11-5-10-4-8;/h5H2,1-3H3;/q-1;. The van der Waals surface area contributed by atoms with Crippen molar-refractivity contribution in [3.8, 4) is 0 Å². The zero-order chi connectivity index (χ0) is 8.91. The molecule has 0 aromatic heterocycles. The maximum atomic E-state index is 10.9. The Morgan fingerprint density at radius 3 is 2.25 bits per heavy atom. The van der Waals surface area contributed by atoms with E-state index in [1.54, 1.807) is 20.8 Å². The maximum Gasteiger partial charge on any atom is 0.313 e. The Kier molecular flexibility index (Phi) is 7.95. The second kappa shape index (κ2) is 6.55. The fraction of sp³-hybridized carbons (Fsp3) is 0.714. The Labute approximate surface area is 96.9 Å². The predicted molar refractivity (Wildman–Crippen MR) is 37.2 cm³/mol. The number of ether oxygens (including phenoxy) is 2. The van der Waals surface area contributed by atoms with Gasteiger partial charge in [0.1, 0.15) is 0 Å².